The largest absolute Gasteiger partial charge is 0.437 e. The van der Waals surface area contributed by atoms with E-state index >= 15 is 0 Å². The molecular formula is C17H23FN2O2. The number of hydrogen-bond acceptors (Lipinski definition) is 4. The second kappa shape index (κ2) is 5.97. The van der Waals surface area contributed by atoms with Crippen LogP contribution in [0, 0.1) is 12.7 Å². The van der Waals surface area contributed by atoms with E-state index in [1.54, 1.807) is 0 Å². The van der Waals surface area contributed by atoms with Crippen molar-refractivity contribution in [2.45, 2.75) is 64.6 Å². The van der Waals surface area contributed by atoms with Crippen LogP contribution in [0.3, 0.4) is 0 Å². The van der Waals surface area contributed by atoms with Gasteiger partial charge in [0.2, 0.25) is 0 Å². The van der Waals surface area contributed by atoms with Gasteiger partial charge in [-0.05, 0) is 43.4 Å². The van der Waals surface area contributed by atoms with Crippen molar-refractivity contribution in [3.8, 4) is 0 Å². The Balaban J connectivity index is 1.88. The monoisotopic (exact) mass is 306 g/mol. The summed E-state index contributed by atoms with van der Waals surface area (Å²) in [6.07, 6.45) is 2.54. The van der Waals surface area contributed by atoms with Crippen LogP contribution in [0.25, 0.3) is 11.1 Å². The fourth-order valence-corrected chi connectivity index (χ4v) is 3.08. The predicted octanol–water partition coefficient (Wildman–Crippen LogP) is 3.40. The summed E-state index contributed by atoms with van der Waals surface area (Å²) in [4.78, 5) is 4.44. The van der Waals surface area contributed by atoms with Crippen LogP contribution >= 0.6 is 0 Å². The van der Waals surface area contributed by atoms with E-state index in [-0.39, 0.29) is 29.5 Å². The van der Waals surface area contributed by atoms with Gasteiger partial charge in [0.05, 0.1) is 6.10 Å². The average Bonchev–Trinajstić information content (AvgIpc) is 3.08. The molecule has 4 nitrogen and oxygen atoms in total. The van der Waals surface area contributed by atoms with E-state index in [0.29, 0.717) is 18.0 Å². The van der Waals surface area contributed by atoms with Crippen LogP contribution in [-0.2, 0) is 6.54 Å². The number of oxazole rings is 1. The van der Waals surface area contributed by atoms with Crippen LogP contribution in [0.1, 0.15) is 56.0 Å². The van der Waals surface area contributed by atoms with E-state index in [1.165, 1.54) is 6.07 Å². The highest BCUT2D eigenvalue weighted by Crippen LogP contribution is 2.28. The topological polar surface area (TPSA) is 58.3 Å². The van der Waals surface area contributed by atoms with Crippen molar-refractivity contribution >= 4 is 11.1 Å². The molecule has 1 heterocycles. The maximum atomic E-state index is 14.3. The smallest absolute Gasteiger partial charge is 0.198 e. The number of nitrogens with one attached hydrogen (secondary N) is 1. The van der Waals surface area contributed by atoms with Crippen molar-refractivity contribution in [1.29, 1.82) is 0 Å². The number of nitrogens with zero attached hydrogens (tertiary/aromatic N) is 1. The molecule has 120 valence electrons. The lowest BCUT2D eigenvalue weighted by molar-refractivity contribution is 0.148. The number of aliphatic hydroxyl groups is 1. The number of aryl methyl sites for hydroxylation is 1. The number of benzene rings is 1. The lowest BCUT2D eigenvalue weighted by atomic mass is 10.1. The summed E-state index contributed by atoms with van der Waals surface area (Å²) in [5, 5.41) is 13.2. The van der Waals surface area contributed by atoms with Gasteiger partial charge in [-0.15, -0.1) is 0 Å². The normalized spacial score (nSPS) is 22.1. The van der Waals surface area contributed by atoms with Crippen LogP contribution in [0.4, 0.5) is 4.39 Å². The van der Waals surface area contributed by atoms with Gasteiger partial charge in [-0.25, -0.2) is 9.37 Å². The molecule has 1 aromatic heterocycles. The molecule has 22 heavy (non-hydrogen) atoms. The molecular weight excluding hydrogens is 283 g/mol. The molecule has 0 radical (unpaired) electrons. The molecule has 0 bridgehead atoms. The molecule has 1 aliphatic rings. The fourth-order valence-electron chi connectivity index (χ4n) is 3.08. The molecule has 0 unspecified atom stereocenters. The molecule has 0 spiro atoms. The number of rotatable bonds is 4. The second-order valence-electron chi connectivity index (χ2n) is 6.51. The van der Waals surface area contributed by atoms with Crippen molar-refractivity contribution in [2.75, 3.05) is 0 Å². The molecule has 0 aliphatic heterocycles. The summed E-state index contributed by atoms with van der Waals surface area (Å²) in [5.41, 5.74) is 2.65. The highest BCUT2D eigenvalue weighted by Gasteiger charge is 2.25. The molecule has 2 atom stereocenters. The first kappa shape index (κ1) is 15.4. The van der Waals surface area contributed by atoms with Crippen LogP contribution in [0.5, 0.6) is 0 Å². The van der Waals surface area contributed by atoms with E-state index in [0.717, 1.165) is 30.4 Å². The average molecular weight is 306 g/mol. The maximum Gasteiger partial charge on any atom is 0.198 e. The van der Waals surface area contributed by atoms with Gasteiger partial charge >= 0.3 is 0 Å². The molecule has 2 N–H and O–H groups in total. The number of hydrogen-bond donors (Lipinski definition) is 2. The van der Waals surface area contributed by atoms with Crippen molar-refractivity contribution in [2.24, 2.45) is 0 Å². The maximum absolute atomic E-state index is 14.3. The predicted molar refractivity (Wildman–Crippen MR) is 83.3 cm³/mol. The van der Waals surface area contributed by atoms with Gasteiger partial charge in [-0.2, -0.15) is 0 Å². The lowest BCUT2D eigenvalue weighted by Crippen LogP contribution is -2.35. The standard InChI is InChI=1S/C17H23FN2O2/c1-9(2)17-20-15-10(3)11(7-12(18)16(15)22-17)8-19-13-5-4-6-14(13)21/h7,9,13-14,19,21H,4-6,8H2,1-3H3/t13-,14+/m1/s1. The van der Waals surface area contributed by atoms with Gasteiger partial charge in [0, 0.05) is 18.5 Å². The Labute approximate surface area is 129 Å². The molecule has 2 aromatic rings. The summed E-state index contributed by atoms with van der Waals surface area (Å²) in [6.45, 7) is 6.42. The molecule has 0 saturated heterocycles. The minimum Gasteiger partial charge on any atom is -0.437 e. The Morgan fingerprint density at radius 3 is 2.86 bits per heavy atom. The SMILES string of the molecule is Cc1c(CN[C@@H]2CCC[C@@H]2O)cc(F)c2oc(C(C)C)nc12. The number of aliphatic hydroxyl groups excluding tert-OH is 1. The number of halogens is 1. The van der Waals surface area contributed by atoms with E-state index in [2.05, 4.69) is 10.3 Å². The third-order valence-electron chi connectivity index (χ3n) is 4.53. The fraction of sp³-hybridized carbons (Fsp3) is 0.588. The minimum absolute atomic E-state index is 0.0988. The molecule has 1 fully saturated rings. The third-order valence-corrected chi connectivity index (χ3v) is 4.53. The van der Waals surface area contributed by atoms with Gasteiger partial charge in [0.25, 0.3) is 0 Å². The molecule has 5 heteroatoms. The zero-order chi connectivity index (χ0) is 15.9. The van der Waals surface area contributed by atoms with Crippen molar-refractivity contribution in [3.63, 3.8) is 0 Å². The van der Waals surface area contributed by atoms with Crippen LogP contribution in [0.2, 0.25) is 0 Å². The van der Waals surface area contributed by atoms with Crippen LogP contribution < -0.4 is 5.32 Å². The summed E-state index contributed by atoms with van der Waals surface area (Å²) in [6, 6.07) is 1.61. The summed E-state index contributed by atoms with van der Waals surface area (Å²) in [7, 11) is 0. The van der Waals surface area contributed by atoms with Gasteiger partial charge in [-0.1, -0.05) is 13.8 Å². The lowest BCUT2D eigenvalue weighted by Gasteiger charge is -2.17. The number of fused-ring (bicyclic) bond motifs is 1. The molecule has 1 aromatic carbocycles. The van der Waals surface area contributed by atoms with E-state index in [1.807, 2.05) is 20.8 Å². The zero-order valence-corrected chi connectivity index (χ0v) is 13.3. The quantitative estimate of drug-likeness (QED) is 0.909. The van der Waals surface area contributed by atoms with E-state index in [4.69, 9.17) is 4.42 Å². The summed E-state index contributed by atoms with van der Waals surface area (Å²) in [5.74, 6) is 0.318. The Kier molecular flexibility index (Phi) is 4.19. The van der Waals surface area contributed by atoms with E-state index < -0.39 is 0 Å². The Bertz CT molecular complexity index is 681. The highest BCUT2D eigenvalue weighted by atomic mass is 19.1. The third kappa shape index (κ3) is 2.75. The zero-order valence-electron chi connectivity index (χ0n) is 13.3. The molecule has 0 amide bonds. The van der Waals surface area contributed by atoms with Gasteiger partial charge < -0.3 is 14.8 Å². The van der Waals surface area contributed by atoms with Crippen molar-refractivity contribution in [3.05, 3.63) is 28.9 Å². The van der Waals surface area contributed by atoms with Crippen LogP contribution in [-0.4, -0.2) is 22.2 Å². The summed E-state index contributed by atoms with van der Waals surface area (Å²) >= 11 is 0. The molecule has 3 rings (SSSR count). The Morgan fingerprint density at radius 1 is 1.45 bits per heavy atom. The van der Waals surface area contributed by atoms with Crippen molar-refractivity contribution in [1.82, 2.24) is 10.3 Å². The summed E-state index contributed by atoms with van der Waals surface area (Å²) < 4.78 is 19.8. The van der Waals surface area contributed by atoms with Gasteiger partial charge in [-0.3, -0.25) is 0 Å². The van der Waals surface area contributed by atoms with Gasteiger partial charge in [0.15, 0.2) is 17.3 Å². The first-order chi connectivity index (χ1) is 10.5. The van der Waals surface area contributed by atoms with Gasteiger partial charge in [0.1, 0.15) is 5.52 Å². The first-order valence-corrected chi connectivity index (χ1v) is 7.97. The number of aromatic nitrogens is 1. The van der Waals surface area contributed by atoms with E-state index in [9.17, 15) is 9.50 Å². The van der Waals surface area contributed by atoms with Crippen molar-refractivity contribution < 1.29 is 13.9 Å². The Hall–Kier alpha value is -1.46. The Morgan fingerprint density at radius 2 is 2.23 bits per heavy atom. The minimum atomic E-state index is -0.372. The highest BCUT2D eigenvalue weighted by molar-refractivity contribution is 5.78. The molecule has 1 aliphatic carbocycles. The second-order valence-corrected chi connectivity index (χ2v) is 6.51. The van der Waals surface area contributed by atoms with Crippen LogP contribution in [0.15, 0.2) is 10.5 Å². The first-order valence-electron chi connectivity index (χ1n) is 7.97. The molecule has 1 saturated carbocycles.